The molecule has 1 aromatic heterocycles. The Labute approximate surface area is 207 Å². The number of hydrogen-bond donors (Lipinski definition) is 1. The van der Waals surface area contributed by atoms with E-state index in [-0.39, 0.29) is 30.2 Å². The van der Waals surface area contributed by atoms with Gasteiger partial charge in [-0.15, -0.1) is 0 Å². The number of amides is 2. The zero-order valence-corrected chi connectivity index (χ0v) is 20.1. The lowest BCUT2D eigenvalue weighted by Crippen LogP contribution is -2.40. The molecule has 35 heavy (non-hydrogen) atoms. The first-order valence-corrected chi connectivity index (χ1v) is 12.6. The van der Waals surface area contributed by atoms with Gasteiger partial charge < -0.3 is 15.2 Å². The number of halogens is 2. The summed E-state index contributed by atoms with van der Waals surface area (Å²) in [5.41, 5.74) is 8.33. The Balaban J connectivity index is 1.30. The molecule has 1 saturated carbocycles. The second-order valence-corrected chi connectivity index (χ2v) is 10.3. The number of carbonyl (C=O) groups excluding carboxylic acids is 2. The van der Waals surface area contributed by atoms with E-state index in [0.717, 1.165) is 67.6 Å². The van der Waals surface area contributed by atoms with E-state index in [4.69, 9.17) is 22.3 Å². The first-order chi connectivity index (χ1) is 16.9. The summed E-state index contributed by atoms with van der Waals surface area (Å²) >= 11 is 6.23. The van der Waals surface area contributed by atoms with E-state index in [1.54, 1.807) is 11.0 Å². The number of aryl methyl sites for hydroxylation is 1. The SMILES string of the molecule is NC(=O)[C@@H]1CCCN1CCCn1c(CN2C(=O)C3(CC3)c3ccc(F)cc32)nc2cc(Cl)ccc21. The molecule has 1 spiro atoms. The molecule has 3 aromatic rings. The van der Waals surface area contributed by atoms with E-state index in [1.807, 2.05) is 18.2 Å². The summed E-state index contributed by atoms with van der Waals surface area (Å²) in [5, 5.41) is 0.594. The third-order valence-electron chi connectivity index (χ3n) is 7.78. The molecule has 2 fully saturated rings. The molecule has 2 aromatic carbocycles. The molecule has 0 radical (unpaired) electrons. The number of carbonyl (C=O) groups is 2. The van der Waals surface area contributed by atoms with Crippen LogP contribution < -0.4 is 10.6 Å². The molecule has 0 unspecified atom stereocenters. The van der Waals surface area contributed by atoms with Crippen LogP contribution in [0.15, 0.2) is 36.4 Å². The fourth-order valence-corrected chi connectivity index (χ4v) is 6.06. The Morgan fingerprint density at radius 1 is 1.20 bits per heavy atom. The van der Waals surface area contributed by atoms with Gasteiger partial charge in [-0.2, -0.15) is 0 Å². The van der Waals surface area contributed by atoms with Crippen LogP contribution >= 0.6 is 11.6 Å². The van der Waals surface area contributed by atoms with Gasteiger partial charge in [0.05, 0.1) is 34.7 Å². The van der Waals surface area contributed by atoms with Crippen molar-refractivity contribution in [1.29, 1.82) is 0 Å². The van der Waals surface area contributed by atoms with Gasteiger partial charge in [0.25, 0.3) is 0 Å². The summed E-state index contributed by atoms with van der Waals surface area (Å²) in [6, 6.07) is 10.0. The minimum Gasteiger partial charge on any atom is -0.368 e. The Hall–Kier alpha value is -2.97. The zero-order valence-electron chi connectivity index (χ0n) is 19.3. The second kappa shape index (κ2) is 8.31. The number of likely N-dealkylation sites (tertiary alicyclic amines) is 1. The molecule has 9 heteroatoms. The average molecular weight is 496 g/mol. The lowest BCUT2D eigenvalue weighted by atomic mass is 9.98. The number of fused-ring (bicyclic) bond motifs is 3. The van der Waals surface area contributed by atoms with Crippen molar-refractivity contribution in [2.45, 2.75) is 56.7 Å². The van der Waals surface area contributed by atoms with Crippen LogP contribution in [-0.4, -0.2) is 45.4 Å². The summed E-state index contributed by atoms with van der Waals surface area (Å²) in [6.07, 6.45) is 4.17. The third kappa shape index (κ3) is 3.70. The maximum Gasteiger partial charge on any atom is 0.238 e. The standard InChI is InChI=1S/C26H27ClFN5O2/c27-16-4-7-20-19(13-16)30-23(32(20)12-2-11-31-10-1-3-21(31)24(29)34)15-33-22-14-17(28)5-6-18(22)26(8-9-26)25(33)35/h4-7,13-14,21H,1-3,8-12,15H2,(H2,29,34)/t21-/m0/s1. The van der Waals surface area contributed by atoms with Gasteiger partial charge in [-0.25, -0.2) is 9.37 Å². The maximum absolute atomic E-state index is 14.2. The Morgan fingerprint density at radius 3 is 2.80 bits per heavy atom. The monoisotopic (exact) mass is 495 g/mol. The van der Waals surface area contributed by atoms with Gasteiger partial charge in [-0.05, 0) is 74.5 Å². The van der Waals surface area contributed by atoms with Crippen LogP contribution in [0.4, 0.5) is 10.1 Å². The van der Waals surface area contributed by atoms with Crippen LogP contribution in [0.5, 0.6) is 0 Å². The molecule has 1 saturated heterocycles. The predicted molar refractivity (Wildman–Crippen MR) is 132 cm³/mol. The predicted octanol–water partition coefficient (Wildman–Crippen LogP) is 3.75. The molecule has 2 aliphatic heterocycles. The van der Waals surface area contributed by atoms with Crippen molar-refractivity contribution in [2.75, 3.05) is 18.0 Å². The molecule has 3 aliphatic rings. The van der Waals surface area contributed by atoms with E-state index >= 15 is 0 Å². The lowest BCUT2D eigenvalue weighted by molar-refractivity contribution is -0.122. The number of aromatic nitrogens is 2. The lowest BCUT2D eigenvalue weighted by Gasteiger charge is -2.22. The number of benzene rings is 2. The number of primary amides is 1. The Bertz CT molecular complexity index is 1350. The largest absolute Gasteiger partial charge is 0.368 e. The first kappa shape index (κ1) is 22.5. The molecule has 1 atom stereocenters. The van der Waals surface area contributed by atoms with Crippen molar-refractivity contribution < 1.29 is 14.0 Å². The number of anilines is 1. The van der Waals surface area contributed by atoms with Gasteiger partial charge in [0, 0.05) is 18.1 Å². The van der Waals surface area contributed by atoms with E-state index in [9.17, 15) is 14.0 Å². The molecular formula is C26H27ClFN5O2. The molecule has 0 bridgehead atoms. The Kier molecular flexibility index (Phi) is 5.34. The number of nitrogens with zero attached hydrogens (tertiary/aromatic N) is 4. The van der Waals surface area contributed by atoms with E-state index < -0.39 is 5.41 Å². The topological polar surface area (TPSA) is 84.5 Å². The summed E-state index contributed by atoms with van der Waals surface area (Å²) < 4.78 is 16.3. The van der Waals surface area contributed by atoms with Crippen LogP contribution in [0, 0.1) is 5.82 Å². The first-order valence-electron chi connectivity index (χ1n) is 12.2. The van der Waals surface area contributed by atoms with Gasteiger partial charge in [0.2, 0.25) is 11.8 Å². The summed E-state index contributed by atoms with van der Waals surface area (Å²) in [4.78, 5) is 33.9. The van der Waals surface area contributed by atoms with Crippen LogP contribution in [0.2, 0.25) is 5.02 Å². The Morgan fingerprint density at radius 2 is 2.03 bits per heavy atom. The second-order valence-electron chi connectivity index (χ2n) is 9.90. The van der Waals surface area contributed by atoms with E-state index in [0.29, 0.717) is 17.3 Å². The van der Waals surface area contributed by atoms with Gasteiger partial charge in [0.15, 0.2) is 0 Å². The minimum atomic E-state index is -0.497. The van der Waals surface area contributed by atoms with Gasteiger partial charge in [-0.1, -0.05) is 17.7 Å². The van der Waals surface area contributed by atoms with Crippen molar-refractivity contribution >= 4 is 40.1 Å². The molecule has 7 nitrogen and oxygen atoms in total. The fraction of sp³-hybridized carbons (Fsp3) is 0.423. The molecule has 6 rings (SSSR count). The number of rotatable bonds is 7. The smallest absolute Gasteiger partial charge is 0.238 e. The summed E-state index contributed by atoms with van der Waals surface area (Å²) in [6.45, 7) is 2.54. The molecule has 1 aliphatic carbocycles. The van der Waals surface area contributed by atoms with Crippen LogP contribution in [0.3, 0.4) is 0 Å². The van der Waals surface area contributed by atoms with Crippen LogP contribution in [0.1, 0.15) is 43.5 Å². The van der Waals surface area contributed by atoms with Gasteiger partial charge >= 0.3 is 0 Å². The summed E-state index contributed by atoms with van der Waals surface area (Å²) in [5.74, 6) is 0.139. The molecule has 182 valence electrons. The van der Waals surface area contributed by atoms with Gasteiger partial charge in [0.1, 0.15) is 11.6 Å². The zero-order chi connectivity index (χ0) is 24.3. The summed E-state index contributed by atoms with van der Waals surface area (Å²) in [7, 11) is 0. The van der Waals surface area contributed by atoms with Crippen molar-refractivity contribution in [3.05, 3.63) is 58.6 Å². The van der Waals surface area contributed by atoms with Crippen molar-refractivity contribution in [3.8, 4) is 0 Å². The van der Waals surface area contributed by atoms with Crippen LogP contribution in [-0.2, 0) is 28.1 Å². The van der Waals surface area contributed by atoms with E-state index in [2.05, 4.69) is 9.47 Å². The number of hydrogen-bond acceptors (Lipinski definition) is 4. The molecule has 2 N–H and O–H groups in total. The van der Waals surface area contributed by atoms with Crippen molar-refractivity contribution in [1.82, 2.24) is 14.5 Å². The van der Waals surface area contributed by atoms with Crippen molar-refractivity contribution in [3.63, 3.8) is 0 Å². The minimum absolute atomic E-state index is 0.0242. The highest BCUT2D eigenvalue weighted by molar-refractivity contribution is 6.31. The highest BCUT2D eigenvalue weighted by atomic mass is 35.5. The highest BCUT2D eigenvalue weighted by Gasteiger charge is 2.59. The molecule has 2 amide bonds. The van der Waals surface area contributed by atoms with Crippen molar-refractivity contribution in [2.24, 2.45) is 5.73 Å². The third-order valence-corrected chi connectivity index (χ3v) is 8.01. The molecule has 3 heterocycles. The fourth-order valence-electron chi connectivity index (χ4n) is 5.89. The normalized spacial score (nSPS) is 20.8. The molecular weight excluding hydrogens is 469 g/mol. The number of nitrogens with two attached hydrogens (primary N) is 1. The number of imidazole rings is 1. The quantitative estimate of drug-likeness (QED) is 0.541. The van der Waals surface area contributed by atoms with Gasteiger partial charge in [-0.3, -0.25) is 14.5 Å². The highest BCUT2D eigenvalue weighted by Crippen LogP contribution is 2.57. The maximum atomic E-state index is 14.2. The average Bonchev–Trinajstić information content (AvgIpc) is 3.28. The van der Waals surface area contributed by atoms with Crippen LogP contribution in [0.25, 0.3) is 11.0 Å². The van der Waals surface area contributed by atoms with E-state index in [1.165, 1.54) is 12.1 Å².